The summed E-state index contributed by atoms with van der Waals surface area (Å²) in [7, 11) is 0. The van der Waals surface area contributed by atoms with E-state index in [1.54, 1.807) is 0 Å². The summed E-state index contributed by atoms with van der Waals surface area (Å²) in [4.78, 5) is 16.9. The molecule has 1 aromatic carbocycles. The molecule has 17 heavy (non-hydrogen) atoms. The third kappa shape index (κ3) is 3.10. The quantitative estimate of drug-likeness (QED) is 0.663. The molecule has 0 aromatic heterocycles. The number of para-hydroxylation sites is 1. The van der Waals surface area contributed by atoms with Gasteiger partial charge >= 0.3 is 0 Å². The van der Waals surface area contributed by atoms with E-state index in [1.165, 1.54) is 16.4 Å². The highest BCUT2D eigenvalue weighted by Gasteiger charge is 2.22. The van der Waals surface area contributed by atoms with Crippen LogP contribution in [0.4, 0.5) is 5.69 Å². The summed E-state index contributed by atoms with van der Waals surface area (Å²) in [6.07, 6.45) is -0.355. The Bertz CT molecular complexity index is 415. The summed E-state index contributed by atoms with van der Waals surface area (Å²) in [5, 5.41) is 3.21. The Balaban J connectivity index is 2.10. The summed E-state index contributed by atoms with van der Waals surface area (Å²) < 4.78 is 1.49. The van der Waals surface area contributed by atoms with Crippen LogP contribution in [0.25, 0.3) is 0 Å². The number of anilines is 1. The van der Waals surface area contributed by atoms with Gasteiger partial charge in [0.2, 0.25) is 5.91 Å². The van der Waals surface area contributed by atoms with E-state index in [1.807, 2.05) is 24.3 Å². The van der Waals surface area contributed by atoms with Crippen LogP contribution in [0.3, 0.4) is 0 Å². The molecule has 1 aromatic rings. The lowest BCUT2D eigenvalue weighted by atomic mass is 10.3. The Morgan fingerprint density at radius 1 is 1.59 bits per heavy atom. The zero-order valence-electron chi connectivity index (χ0n) is 9.13. The first-order valence-corrected chi connectivity index (χ1v) is 5.91. The van der Waals surface area contributed by atoms with Gasteiger partial charge in [-0.2, -0.15) is 0 Å². The zero-order valence-corrected chi connectivity index (χ0v) is 9.94. The van der Waals surface area contributed by atoms with Gasteiger partial charge in [0.25, 0.3) is 0 Å². The number of nitrogens with one attached hydrogen (secondary N) is 1. The second-order valence-electron chi connectivity index (χ2n) is 3.56. The number of carbonyl (C=O) groups is 1. The minimum absolute atomic E-state index is 0.178. The van der Waals surface area contributed by atoms with Crippen LogP contribution >= 0.6 is 11.9 Å². The summed E-state index contributed by atoms with van der Waals surface area (Å²) in [6.45, 7) is 0.353. The van der Waals surface area contributed by atoms with Gasteiger partial charge in [-0.1, -0.05) is 12.1 Å². The standard InChI is InChI=1S/C10H14N4O2S/c11-9-5-13-7-3-1-2-4-8(7)17-14(9)16-6-10(12)15/h1-4,9,13H,5-6,11H2,(H2,12,15). The average molecular weight is 254 g/mol. The highest BCUT2D eigenvalue weighted by molar-refractivity contribution is 7.97. The van der Waals surface area contributed by atoms with Crippen molar-refractivity contribution in [3.63, 3.8) is 0 Å². The molecule has 1 aliphatic rings. The summed E-state index contributed by atoms with van der Waals surface area (Å²) in [5.41, 5.74) is 11.9. The summed E-state index contributed by atoms with van der Waals surface area (Å²) in [5.74, 6) is -0.525. The Labute approximate surface area is 103 Å². The van der Waals surface area contributed by atoms with Gasteiger partial charge in [-0.3, -0.25) is 9.63 Å². The molecule has 1 heterocycles. The molecule has 1 aliphatic heterocycles. The van der Waals surface area contributed by atoms with E-state index in [0.29, 0.717) is 6.54 Å². The van der Waals surface area contributed by atoms with Crippen LogP contribution in [-0.4, -0.2) is 29.7 Å². The maximum absolute atomic E-state index is 10.7. The third-order valence-electron chi connectivity index (χ3n) is 2.18. The van der Waals surface area contributed by atoms with Crippen LogP contribution in [0, 0.1) is 0 Å². The lowest BCUT2D eigenvalue weighted by Crippen LogP contribution is -2.42. The number of carbonyl (C=O) groups excluding carboxylic acids is 1. The van der Waals surface area contributed by atoms with Gasteiger partial charge < -0.3 is 16.8 Å². The van der Waals surface area contributed by atoms with Gasteiger partial charge in [-0.15, -0.1) is 4.47 Å². The lowest BCUT2D eigenvalue weighted by molar-refractivity contribution is -0.140. The third-order valence-corrected chi connectivity index (χ3v) is 3.29. The molecule has 6 nitrogen and oxygen atoms in total. The number of nitrogens with zero attached hydrogens (tertiary/aromatic N) is 1. The van der Waals surface area contributed by atoms with Crippen molar-refractivity contribution in [1.82, 2.24) is 4.47 Å². The normalized spacial score (nSPS) is 20.2. The van der Waals surface area contributed by atoms with Gasteiger partial charge in [-0.25, -0.2) is 0 Å². The number of hydrogen-bond acceptors (Lipinski definition) is 6. The lowest BCUT2D eigenvalue weighted by Gasteiger charge is -2.23. The number of nitrogens with two attached hydrogens (primary N) is 2. The second-order valence-corrected chi connectivity index (χ2v) is 4.54. The number of fused-ring (bicyclic) bond motifs is 1. The van der Waals surface area contributed by atoms with Crippen molar-refractivity contribution in [1.29, 1.82) is 0 Å². The van der Waals surface area contributed by atoms with Crippen molar-refractivity contribution >= 4 is 23.5 Å². The molecule has 7 heteroatoms. The van der Waals surface area contributed by atoms with Crippen LogP contribution in [0.15, 0.2) is 29.2 Å². The zero-order chi connectivity index (χ0) is 12.3. The molecule has 0 spiro atoms. The monoisotopic (exact) mass is 254 g/mol. The number of rotatable bonds is 3. The summed E-state index contributed by atoms with van der Waals surface area (Å²) in [6, 6.07) is 7.78. The predicted molar refractivity (Wildman–Crippen MR) is 65.7 cm³/mol. The molecule has 0 fully saturated rings. The van der Waals surface area contributed by atoms with Gasteiger partial charge in [0, 0.05) is 17.1 Å². The molecule has 1 atom stereocenters. The fourth-order valence-electron chi connectivity index (χ4n) is 1.40. The molecule has 0 radical (unpaired) electrons. The number of primary amides is 1. The molecule has 0 aliphatic carbocycles. The number of amides is 1. The van der Waals surface area contributed by atoms with E-state index in [-0.39, 0.29) is 12.8 Å². The average Bonchev–Trinajstić information content (AvgIpc) is 2.47. The van der Waals surface area contributed by atoms with Crippen LogP contribution in [0.1, 0.15) is 0 Å². The van der Waals surface area contributed by atoms with E-state index in [0.717, 1.165) is 10.6 Å². The van der Waals surface area contributed by atoms with Crippen molar-refractivity contribution in [2.24, 2.45) is 11.5 Å². The van der Waals surface area contributed by atoms with Crippen molar-refractivity contribution in [3.05, 3.63) is 24.3 Å². The molecular formula is C10H14N4O2S. The van der Waals surface area contributed by atoms with Crippen LogP contribution in [0.2, 0.25) is 0 Å². The van der Waals surface area contributed by atoms with Crippen LogP contribution < -0.4 is 16.8 Å². The Kier molecular flexibility index (Phi) is 3.85. The molecule has 0 saturated heterocycles. The highest BCUT2D eigenvalue weighted by atomic mass is 32.2. The molecule has 1 unspecified atom stereocenters. The van der Waals surface area contributed by atoms with Crippen molar-refractivity contribution < 1.29 is 9.63 Å². The van der Waals surface area contributed by atoms with Crippen LogP contribution in [-0.2, 0) is 9.63 Å². The second kappa shape index (κ2) is 5.37. The van der Waals surface area contributed by atoms with E-state index < -0.39 is 5.91 Å². The van der Waals surface area contributed by atoms with Crippen molar-refractivity contribution in [2.45, 2.75) is 11.1 Å². The van der Waals surface area contributed by atoms with Gasteiger partial charge in [-0.05, 0) is 24.1 Å². The minimum Gasteiger partial charge on any atom is -0.381 e. The smallest absolute Gasteiger partial charge is 0.245 e. The van der Waals surface area contributed by atoms with Gasteiger partial charge in [0.05, 0.1) is 0 Å². The molecular weight excluding hydrogens is 240 g/mol. The predicted octanol–water partition coefficient (Wildman–Crippen LogP) is 0.123. The fourth-order valence-corrected chi connectivity index (χ4v) is 2.28. The van der Waals surface area contributed by atoms with Gasteiger partial charge in [0.15, 0.2) is 0 Å². The maximum Gasteiger partial charge on any atom is 0.245 e. The largest absolute Gasteiger partial charge is 0.381 e. The Morgan fingerprint density at radius 2 is 2.35 bits per heavy atom. The van der Waals surface area contributed by atoms with E-state index in [2.05, 4.69) is 5.32 Å². The van der Waals surface area contributed by atoms with Crippen molar-refractivity contribution in [2.75, 3.05) is 18.5 Å². The van der Waals surface area contributed by atoms with E-state index >= 15 is 0 Å². The molecule has 5 N–H and O–H groups in total. The number of hydroxylamine groups is 1. The fraction of sp³-hybridized carbons (Fsp3) is 0.300. The molecule has 0 bridgehead atoms. The number of benzene rings is 1. The topological polar surface area (TPSA) is 93.6 Å². The molecule has 0 saturated carbocycles. The van der Waals surface area contributed by atoms with E-state index in [9.17, 15) is 4.79 Å². The first-order chi connectivity index (χ1) is 8.16. The molecule has 2 rings (SSSR count). The first kappa shape index (κ1) is 12.2. The molecule has 1 amide bonds. The maximum atomic E-state index is 10.7. The van der Waals surface area contributed by atoms with Crippen molar-refractivity contribution in [3.8, 4) is 0 Å². The number of hydrogen-bond donors (Lipinski definition) is 3. The van der Waals surface area contributed by atoms with E-state index in [4.69, 9.17) is 16.3 Å². The summed E-state index contributed by atoms with van der Waals surface area (Å²) >= 11 is 1.34. The highest BCUT2D eigenvalue weighted by Crippen LogP contribution is 2.33. The SMILES string of the molecule is NC(=O)CON1Sc2ccccc2NCC1N. The van der Waals surface area contributed by atoms with Crippen LogP contribution in [0.5, 0.6) is 0 Å². The molecule has 92 valence electrons. The van der Waals surface area contributed by atoms with Gasteiger partial charge in [0.1, 0.15) is 12.8 Å². The first-order valence-electron chi connectivity index (χ1n) is 5.13. The Morgan fingerprint density at radius 3 is 3.12 bits per heavy atom. The Hall–Kier alpha value is -1.28. The minimum atomic E-state index is -0.525.